The van der Waals surface area contributed by atoms with Crippen molar-refractivity contribution in [3.05, 3.63) is 24.0 Å². The van der Waals surface area contributed by atoms with E-state index in [9.17, 15) is 4.39 Å². The van der Waals surface area contributed by atoms with Gasteiger partial charge in [0.05, 0.1) is 6.61 Å². The maximum atomic E-state index is 14.1. The number of anilines is 1. The van der Waals surface area contributed by atoms with E-state index in [0.29, 0.717) is 18.3 Å². The van der Waals surface area contributed by atoms with Gasteiger partial charge in [0, 0.05) is 38.1 Å². The van der Waals surface area contributed by atoms with Gasteiger partial charge in [0.15, 0.2) is 11.6 Å². The molecule has 0 bridgehead atoms. The van der Waals surface area contributed by atoms with Gasteiger partial charge in [-0.25, -0.2) is 4.39 Å². The molecule has 1 aromatic carbocycles. The molecule has 1 aromatic rings. The van der Waals surface area contributed by atoms with Gasteiger partial charge in [-0.3, -0.25) is 0 Å². The van der Waals surface area contributed by atoms with Gasteiger partial charge in [-0.05, 0) is 43.7 Å². The first kappa shape index (κ1) is 13.7. The van der Waals surface area contributed by atoms with Gasteiger partial charge in [0.25, 0.3) is 0 Å². The molecule has 0 unspecified atom stereocenters. The van der Waals surface area contributed by atoms with Crippen molar-refractivity contribution in [2.45, 2.75) is 25.7 Å². The highest BCUT2D eigenvalue weighted by atomic mass is 19.1. The zero-order valence-electron chi connectivity index (χ0n) is 11.8. The number of hydrogen-bond donors (Lipinski definition) is 0. The largest absolute Gasteiger partial charge is 0.490 e. The number of rotatable bonds is 4. The highest BCUT2D eigenvalue weighted by Gasteiger charge is 2.17. The van der Waals surface area contributed by atoms with Crippen LogP contribution < -0.4 is 9.64 Å². The van der Waals surface area contributed by atoms with E-state index in [1.807, 2.05) is 6.07 Å². The van der Waals surface area contributed by atoms with E-state index in [2.05, 4.69) is 4.90 Å². The van der Waals surface area contributed by atoms with Crippen LogP contribution in [-0.4, -0.2) is 32.9 Å². The normalized spacial score (nSPS) is 20.4. The van der Waals surface area contributed by atoms with E-state index < -0.39 is 0 Å². The second kappa shape index (κ2) is 6.44. The first-order chi connectivity index (χ1) is 9.83. The van der Waals surface area contributed by atoms with Crippen LogP contribution in [0.1, 0.15) is 25.7 Å². The first-order valence-corrected chi connectivity index (χ1v) is 7.58. The van der Waals surface area contributed by atoms with E-state index >= 15 is 0 Å². The Labute approximate surface area is 119 Å². The fourth-order valence-electron chi connectivity index (χ4n) is 2.90. The maximum absolute atomic E-state index is 14.1. The quantitative estimate of drug-likeness (QED) is 0.844. The summed E-state index contributed by atoms with van der Waals surface area (Å²) in [4.78, 5) is 2.23. The lowest BCUT2D eigenvalue weighted by Crippen LogP contribution is -2.22. The van der Waals surface area contributed by atoms with Crippen molar-refractivity contribution in [2.75, 3.05) is 37.8 Å². The summed E-state index contributed by atoms with van der Waals surface area (Å²) in [5.41, 5.74) is 0.971. The van der Waals surface area contributed by atoms with Gasteiger partial charge in [-0.2, -0.15) is 0 Å². The van der Waals surface area contributed by atoms with Gasteiger partial charge in [-0.15, -0.1) is 0 Å². The summed E-state index contributed by atoms with van der Waals surface area (Å²) in [7, 11) is 0. The van der Waals surface area contributed by atoms with Gasteiger partial charge in [-0.1, -0.05) is 0 Å². The van der Waals surface area contributed by atoms with Crippen molar-refractivity contribution in [1.82, 2.24) is 0 Å². The molecule has 2 aliphatic rings. The molecule has 0 spiro atoms. The first-order valence-electron chi connectivity index (χ1n) is 7.58. The topological polar surface area (TPSA) is 21.7 Å². The Hall–Kier alpha value is -1.29. The molecule has 0 radical (unpaired) electrons. The molecular formula is C16H22FNO2. The van der Waals surface area contributed by atoms with Crippen LogP contribution in [0.5, 0.6) is 5.75 Å². The Kier molecular flexibility index (Phi) is 4.41. The third-order valence-corrected chi connectivity index (χ3v) is 4.20. The molecule has 0 amide bonds. The Morgan fingerprint density at radius 3 is 2.65 bits per heavy atom. The van der Waals surface area contributed by atoms with E-state index in [1.54, 1.807) is 12.1 Å². The van der Waals surface area contributed by atoms with Crippen LogP contribution in [0.15, 0.2) is 18.2 Å². The smallest absolute Gasteiger partial charge is 0.167 e. The lowest BCUT2D eigenvalue weighted by Gasteiger charge is -2.22. The molecule has 2 saturated heterocycles. The van der Waals surface area contributed by atoms with Crippen molar-refractivity contribution < 1.29 is 13.9 Å². The van der Waals surface area contributed by atoms with Crippen molar-refractivity contribution in [3.8, 4) is 5.75 Å². The summed E-state index contributed by atoms with van der Waals surface area (Å²) in [5.74, 6) is 0.613. The molecular weight excluding hydrogens is 257 g/mol. The van der Waals surface area contributed by atoms with Crippen molar-refractivity contribution >= 4 is 5.69 Å². The standard InChI is InChI=1S/C16H22FNO2/c17-15-11-14(18-7-1-2-8-18)3-4-16(15)20-12-13-5-9-19-10-6-13/h3-4,11,13H,1-2,5-10,12H2. The van der Waals surface area contributed by atoms with Crippen LogP contribution >= 0.6 is 0 Å². The lowest BCUT2D eigenvalue weighted by molar-refractivity contribution is 0.0491. The molecule has 0 atom stereocenters. The minimum Gasteiger partial charge on any atom is -0.490 e. The predicted octanol–water partition coefficient (Wildman–Crippen LogP) is 3.23. The molecule has 2 fully saturated rings. The van der Waals surface area contributed by atoms with E-state index in [0.717, 1.165) is 44.8 Å². The molecule has 3 rings (SSSR count). The minimum absolute atomic E-state index is 0.249. The average molecular weight is 279 g/mol. The summed E-state index contributed by atoms with van der Waals surface area (Å²) in [6, 6.07) is 5.33. The fraction of sp³-hybridized carbons (Fsp3) is 0.625. The molecule has 2 aliphatic heterocycles. The molecule has 0 N–H and O–H groups in total. The Balaban J connectivity index is 1.58. The molecule has 2 heterocycles. The maximum Gasteiger partial charge on any atom is 0.167 e. The molecule has 110 valence electrons. The van der Waals surface area contributed by atoms with Crippen LogP contribution in [0.4, 0.5) is 10.1 Å². The highest BCUT2D eigenvalue weighted by Crippen LogP contribution is 2.27. The number of benzene rings is 1. The van der Waals surface area contributed by atoms with E-state index in [4.69, 9.17) is 9.47 Å². The Morgan fingerprint density at radius 1 is 1.20 bits per heavy atom. The van der Waals surface area contributed by atoms with Crippen molar-refractivity contribution in [1.29, 1.82) is 0 Å². The van der Waals surface area contributed by atoms with Gasteiger partial charge in [0.2, 0.25) is 0 Å². The van der Waals surface area contributed by atoms with Crippen LogP contribution in [-0.2, 0) is 4.74 Å². The highest BCUT2D eigenvalue weighted by molar-refractivity contribution is 5.50. The number of hydrogen-bond acceptors (Lipinski definition) is 3. The fourth-order valence-corrected chi connectivity index (χ4v) is 2.90. The third-order valence-electron chi connectivity index (χ3n) is 4.20. The van der Waals surface area contributed by atoms with Crippen molar-refractivity contribution in [2.24, 2.45) is 5.92 Å². The van der Waals surface area contributed by atoms with Gasteiger partial charge in [0.1, 0.15) is 0 Å². The molecule has 4 heteroatoms. The molecule has 3 nitrogen and oxygen atoms in total. The summed E-state index contributed by atoms with van der Waals surface area (Å²) in [6.07, 6.45) is 4.41. The van der Waals surface area contributed by atoms with Crippen molar-refractivity contribution in [3.63, 3.8) is 0 Å². The average Bonchev–Trinajstić information content (AvgIpc) is 3.01. The monoisotopic (exact) mass is 279 g/mol. The minimum atomic E-state index is -0.249. The Bertz CT molecular complexity index is 440. The van der Waals surface area contributed by atoms with Gasteiger partial charge < -0.3 is 14.4 Å². The van der Waals surface area contributed by atoms with Crippen LogP contribution in [0.2, 0.25) is 0 Å². The molecule has 20 heavy (non-hydrogen) atoms. The third kappa shape index (κ3) is 3.23. The second-order valence-electron chi connectivity index (χ2n) is 5.68. The number of ether oxygens (including phenoxy) is 2. The Morgan fingerprint density at radius 2 is 1.95 bits per heavy atom. The summed E-state index contributed by atoms with van der Waals surface area (Å²) in [6.45, 7) is 4.24. The van der Waals surface area contributed by atoms with E-state index in [-0.39, 0.29) is 5.82 Å². The SMILES string of the molecule is Fc1cc(N2CCCC2)ccc1OCC1CCOCC1. The predicted molar refractivity (Wildman–Crippen MR) is 76.9 cm³/mol. The zero-order valence-corrected chi connectivity index (χ0v) is 11.8. The van der Waals surface area contributed by atoms with Crippen LogP contribution in [0.3, 0.4) is 0 Å². The number of halogens is 1. The summed E-state index contributed by atoms with van der Waals surface area (Å²) < 4.78 is 25.0. The lowest BCUT2D eigenvalue weighted by atomic mass is 10.0. The van der Waals surface area contributed by atoms with Gasteiger partial charge >= 0.3 is 0 Å². The van der Waals surface area contributed by atoms with Crippen LogP contribution in [0.25, 0.3) is 0 Å². The molecule has 0 aliphatic carbocycles. The summed E-state index contributed by atoms with van der Waals surface area (Å²) >= 11 is 0. The molecule has 0 saturated carbocycles. The second-order valence-corrected chi connectivity index (χ2v) is 5.68. The van der Waals surface area contributed by atoms with Crippen LogP contribution in [0, 0.1) is 11.7 Å². The number of nitrogens with zero attached hydrogens (tertiary/aromatic N) is 1. The molecule has 0 aromatic heterocycles. The summed E-state index contributed by atoms with van der Waals surface area (Å²) in [5, 5.41) is 0. The van der Waals surface area contributed by atoms with E-state index in [1.165, 1.54) is 12.8 Å². The zero-order chi connectivity index (χ0) is 13.8.